The normalized spacial score (nSPS) is 11.2. The van der Waals surface area contributed by atoms with E-state index in [0.29, 0.717) is 0 Å². The summed E-state index contributed by atoms with van der Waals surface area (Å²) >= 11 is 5.02. The molecule has 0 aliphatic heterocycles. The number of hydrogen-bond donors (Lipinski definition) is 1. The van der Waals surface area contributed by atoms with Crippen LogP contribution in [-0.4, -0.2) is 11.2 Å². The van der Waals surface area contributed by atoms with Gasteiger partial charge in [0.25, 0.3) is 0 Å². The molecule has 94 valence electrons. The summed E-state index contributed by atoms with van der Waals surface area (Å²) in [5.74, 6) is 0. The summed E-state index contributed by atoms with van der Waals surface area (Å²) in [6.45, 7) is 0. The fourth-order valence-electron chi connectivity index (χ4n) is 1.67. The number of halogens is 1. The maximum Gasteiger partial charge on any atom is 0.204 e. The van der Waals surface area contributed by atoms with Crippen molar-refractivity contribution in [1.29, 1.82) is 0 Å². The van der Waals surface area contributed by atoms with Gasteiger partial charge in [-0.2, -0.15) is 5.10 Å². The zero-order chi connectivity index (χ0) is 13.1. The molecule has 0 fully saturated rings. The van der Waals surface area contributed by atoms with Gasteiger partial charge in [0.15, 0.2) is 0 Å². The van der Waals surface area contributed by atoms with Crippen LogP contribution in [0.15, 0.2) is 58.1 Å². The summed E-state index contributed by atoms with van der Waals surface area (Å²) < 4.78 is 2.19. The Morgan fingerprint density at radius 1 is 1.16 bits per heavy atom. The smallest absolute Gasteiger partial charge is 0.204 e. The van der Waals surface area contributed by atoms with Crippen molar-refractivity contribution in [2.24, 2.45) is 5.10 Å². The summed E-state index contributed by atoms with van der Waals surface area (Å²) in [7, 11) is 0. The fraction of sp³-hybridized carbons (Fsp3) is 0. The molecule has 3 rings (SSSR count). The number of nitrogens with one attached hydrogen (secondary N) is 1. The molecule has 0 saturated heterocycles. The zero-order valence-corrected chi connectivity index (χ0v) is 12.3. The maximum atomic E-state index is 4.45. The number of benzene rings is 2. The van der Waals surface area contributed by atoms with Crippen LogP contribution in [0.1, 0.15) is 5.56 Å². The molecule has 0 saturated carbocycles. The van der Waals surface area contributed by atoms with E-state index in [-0.39, 0.29) is 0 Å². The molecule has 2 aromatic carbocycles. The second-order valence-corrected chi connectivity index (χ2v) is 5.86. The van der Waals surface area contributed by atoms with Crippen molar-refractivity contribution in [3.63, 3.8) is 0 Å². The first-order valence-corrected chi connectivity index (χ1v) is 7.32. The van der Waals surface area contributed by atoms with Crippen LogP contribution in [0.2, 0.25) is 0 Å². The molecule has 0 unspecified atom stereocenters. The molecule has 0 atom stereocenters. The van der Waals surface area contributed by atoms with Crippen molar-refractivity contribution in [3.8, 4) is 0 Å². The molecule has 1 N–H and O–H groups in total. The number of hydrazone groups is 1. The first kappa shape index (κ1) is 12.3. The highest BCUT2D eigenvalue weighted by Gasteiger charge is 2.00. The molecule has 1 aromatic heterocycles. The highest BCUT2D eigenvalue weighted by Crippen LogP contribution is 2.25. The van der Waals surface area contributed by atoms with Gasteiger partial charge in [0, 0.05) is 4.47 Å². The third-order valence-electron chi connectivity index (χ3n) is 2.52. The molecule has 0 bridgehead atoms. The van der Waals surface area contributed by atoms with Gasteiger partial charge in [0.2, 0.25) is 5.13 Å². The van der Waals surface area contributed by atoms with Gasteiger partial charge in [-0.1, -0.05) is 51.5 Å². The first-order chi connectivity index (χ1) is 9.31. The molecule has 0 radical (unpaired) electrons. The number of anilines is 1. The second kappa shape index (κ2) is 5.50. The number of thiazole rings is 1. The minimum Gasteiger partial charge on any atom is -0.253 e. The van der Waals surface area contributed by atoms with E-state index in [1.54, 1.807) is 17.6 Å². The van der Waals surface area contributed by atoms with Gasteiger partial charge in [0.05, 0.1) is 16.4 Å². The van der Waals surface area contributed by atoms with Gasteiger partial charge >= 0.3 is 0 Å². The molecular weight excluding hydrogens is 322 g/mol. The summed E-state index contributed by atoms with van der Waals surface area (Å²) in [6, 6.07) is 16.0. The lowest BCUT2D eigenvalue weighted by Gasteiger charge is -1.94. The van der Waals surface area contributed by atoms with Crippen LogP contribution in [0.3, 0.4) is 0 Å². The fourth-order valence-corrected chi connectivity index (χ4v) is 2.90. The number of hydrogen-bond acceptors (Lipinski definition) is 4. The zero-order valence-electron chi connectivity index (χ0n) is 9.88. The van der Waals surface area contributed by atoms with Crippen LogP contribution in [-0.2, 0) is 0 Å². The topological polar surface area (TPSA) is 37.3 Å². The molecule has 3 aromatic rings. The lowest BCUT2D eigenvalue weighted by Crippen LogP contribution is -1.89. The largest absolute Gasteiger partial charge is 0.253 e. The third kappa shape index (κ3) is 3.00. The van der Waals surface area contributed by atoms with E-state index in [0.717, 1.165) is 25.4 Å². The first-order valence-electron chi connectivity index (χ1n) is 5.71. The van der Waals surface area contributed by atoms with Crippen LogP contribution in [0.4, 0.5) is 5.13 Å². The van der Waals surface area contributed by atoms with E-state index in [1.165, 1.54) is 0 Å². The van der Waals surface area contributed by atoms with Crippen LogP contribution in [0.25, 0.3) is 10.2 Å². The Bertz CT molecular complexity index is 703. The molecule has 0 spiro atoms. The van der Waals surface area contributed by atoms with Gasteiger partial charge in [0.1, 0.15) is 0 Å². The highest BCUT2D eigenvalue weighted by atomic mass is 79.9. The van der Waals surface area contributed by atoms with Gasteiger partial charge in [-0.15, -0.1) is 0 Å². The quantitative estimate of drug-likeness (QED) is 0.566. The molecule has 0 aliphatic rings. The standard InChI is InChI=1S/C14H10BrN3S/c15-11-5-3-4-10(8-11)9-16-18-14-17-12-6-1-2-7-13(12)19-14/h1-9H,(H,17,18)/b16-9+. The van der Waals surface area contributed by atoms with E-state index in [1.807, 2.05) is 42.5 Å². The molecular formula is C14H10BrN3S. The van der Waals surface area contributed by atoms with Crippen molar-refractivity contribution in [2.45, 2.75) is 0 Å². The van der Waals surface area contributed by atoms with Gasteiger partial charge < -0.3 is 0 Å². The summed E-state index contributed by atoms with van der Waals surface area (Å²) in [5.41, 5.74) is 4.99. The summed E-state index contributed by atoms with van der Waals surface area (Å²) in [6.07, 6.45) is 1.77. The Morgan fingerprint density at radius 3 is 2.89 bits per heavy atom. The Hall–Kier alpha value is -1.72. The maximum absolute atomic E-state index is 4.45. The number of nitrogens with zero attached hydrogens (tertiary/aromatic N) is 2. The van der Waals surface area contributed by atoms with Crippen molar-refractivity contribution in [3.05, 3.63) is 58.6 Å². The number of aromatic nitrogens is 1. The average Bonchev–Trinajstić information content (AvgIpc) is 2.81. The van der Waals surface area contributed by atoms with E-state index in [9.17, 15) is 0 Å². The Kier molecular flexibility index (Phi) is 3.57. The summed E-state index contributed by atoms with van der Waals surface area (Å²) in [4.78, 5) is 4.45. The van der Waals surface area contributed by atoms with E-state index in [4.69, 9.17) is 0 Å². The molecule has 1 heterocycles. The van der Waals surface area contributed by atoms with Gasteiger partial charge in [-0.3, -0.25) is 5.43 Å². The van der Waals surface area contributed by atoms with Crippen LogP contribution in [0, 0.1) is 0 Å². The molecule has 19 heavy (non-hydrogen) atoms. The Balaban J connectivity index is 1.75. The number of fused-ring (bicyclic) bond motifs is 1. The highest BCUT2D eigenvalue weighted by molar-refractivity contribution is 9.10. The van der Waals surface area contributed by atoms with Gasteiger partial charge in [-0.05, 0) is 29.8 Å². The predicted octanol–water partition coefficient (Wildman–Crippen LogP) is 4.50. The van der Waals surface area contributed by atoms with E-state index < -0.39 is 0 Å². The summed E-state index contributed by atoms with van der Waals surface area (Å²) in [5, 5.41) is 5.00. The minimum absolute atomic E-state index is 0.799. The molecule has 3 nitrogen and oxygen atoms in total. The van der Waals surface area contributed by atoms with Crippen LogP contribution >= 0.6 is 27.3 Å². The van der Waals surface area contributed by atoms with Gasteiger partial charge in [-0.25, -0.2) is 4.98 Å². The van der Waals surface area contributed by atoms with E-state index >= 15 is 0 Å². The lowest BCUT2D eigenvalue weighted by atomic mass is 10.2. The Morgan fingerprint density at radius 2 is 2.05 bits per heavy atom. The van der Waals surface area contributed by atoms with E-state index in [2.05, 4.69) is 37.5 Å². The van der Waals surface area contributed by atoms with Crippen LogP contribution < -0.4 is 5.43 Å². The monoisotopic (exact) mass is 331 g/mol. The number of rotatable bonds is 3. The average molecular weight is 332 g/mol. The molecule has 5 heteroatoms. The molecule has 0 amide bonds. The lowest BCUT2D eigenvalue weighted by molar-refractivity contribution is 1.31. The van der Waals surface area contributed by atoms with Crippen molar-refractivity contribution >= 4 is 48.8 Å². The third-order valence-corrected chi connectivity index (χ3v) is 3.95. The Labute approximate surface area is 123 Å². The minimum atomic E-state index is 0.799. The van der Waals surface area contributed by atoms with Crippen LogP contribution in [0.5, 0.6) is 0 Å². The number of para-hydroxylation sites is 1. The second-order valence-electron chi connectivity index (χ2n) is 3.91. The van der Waals surface area contributed by atoms with Crippen molar-refractivity contribution in [2.75, 3.05) is 5.43 Å². The molecule has 0 aliphatic carbocycles. The van der Waals surface area contributed by atoms with Crippen molar-refractivity contribution in [1.82, 2.24) is 4.98 Å². The SMILES string of the molecule is Brc1cccc(/C=N/Nc2nc3ccccc3s2)c1. The predicted molar refractivity (Wildman–Crippen MR) is 85.0 cm³/mol. The van der Waals surface area contributed by atoms with Crippen molar-refractivity contribution < 1.29 is 0 Å².